The van der Waals surface area contributed by atoms with Crippen LogP contribution in [0.4, 0.5) is 0 Å². The smallest absolute Gasteiger partial charge is 0.343 e. The zero-order valence-electron chi connectivity index (χ0n) is 32.5. The molecule has 2 saturated heterocycles. The van der Waals surface area contributed by atoms with E-state index in [0.717, 1.165) is 59.2 Å². The van der Waals surface area contributed by atoms with Gasteiger partial charge in [0, 0.05) is 23.8 Å². The Hall–Kier alpha value is -4.11. The highest BCUT2D eigenvalue weighted by Gasteiger charge is 2.79. The first-order chi connectivity index (χ1) is 28.0. The topological polar surface area (TPSA) is 194 Å². The summed E-state index contributed by atoms with van der Waals surface area (Å²) < 4.78 is 19.5. The van der Waals surface area contributed by atoms with Gasteiger partial charge in [0.2, 0.25) is 5.79 Å². The van der Waals surface area contributed by atoms with Crippen LogP contribution in [0.1, 0.15) is 62.6 Å². The third-order valence-corrected chi connectivity index (χ3v) is 14.9. The molecule has 5 fully saturated rings. The van der Waals surface area contributed by atoms with Crippen molar-refractivity contribution in [3.8, 4) is 11.5 Å². The number of hydrogen-bond donors (Lipinski definition) is 8. The molecule has 0 spiro atoms. The Kier molecular flexibility index (Phi) is 9.19. The molecular weight excluding hydrogens is 741 g/mol. The molecule has 58 heavy (non-hydrogen) atoms. The molecule has 5 aliphatic rings. The van der Waals surface area contributed by atoms with E-state index in [1.54, 1.807) is 12.1 Å². The molecule has 2 aliphatic heterocycles. The van der Waals surface area contributed by atoms with Gasteiger partial charge in [-0.05, 0) is 108 Å². The van der Waals surface area contributed by atoms with Crippen LogP contribution in [0.3, 0.4) is 0 Å². The summed E-state index contributed by atoms with van der Waals surface area (Å²) in [5, 5.41) is 77.7. The molecule has 3 heterocycles. The Balaban J connectivity index is 1.08. The van der Waals surface area contributed by atoms with Gasteiger partial charge in [-0.3, -0.25) is 0 Å². The van der Waals surface area contributed by atoms with Gasteiger partial charge in [-0.1, -0.05) is 61.7 Å². The van der Waals surface area contributed by atoms with E-state index in [1.165, 1.54) is 0 Å². The van der Waals surface area contributed by atoms with Gasteiger partial charge in [0.05, 0.1) is 35.4 Å². The van der Waals surface area contributed by atoms with Crippen molar-refractivity contribution in [1.29, 1.82) is 0 Å². The number of aromatic hydroxyl groups is 1. The lowest BCUT2D eigenvalue weighted by Crippen LogP contribution is -2.76. The van der Waals surface area contributed by atoms with Gasteiger partial charge in [0.1, 0.15) is 18.0 Å². The number of phenolic OH excluding ortho intramolecular Hbond substituents is 1. The summed E-state index contributed by atoms with van der Waals surface area (Å²) >= 11 is 0. The molecule has 8 N–H and O–H groups in total. The quantitative estimate of drug-likeness (QED) is 0.0844. The molecule has 11 unspecified atom stereocenters. The molecule has 12 heteroatoms. The predicted octanol–water partition coefficient (Wildman–Crippen LogP) is 4.67. The fourth-order valence-electron chi connectivity index (χ4n) is 12.4. The van der Waals surface area contributed by atoms with Crippen molar-refractivity contribution in [2.24, 2.45) is 23.7 Å². The van der Waals surface area contributed by atoms with E-state index in [1.807, 2.05) is 61.6 Å². The normalized spacial score (nSPS) is 35.5. The molecule has 0 radical (unpaired) electrons. The van der Waals surface area contributed by atoms with Gasteiger partial charge in [-0.25, -0.2) is 4.79 Å². The third-order valence-electron chi connectivity index (χ3n) is 14.9. The van der Waals surface area contributed by atoms with E-state index >= 15 is 0 Å². The molecule has 0 bridgehead atoms. The van der Waals surface area contributed by atoms with Crippen molar-refractivity contribution in [2.45, 2.75) is 105 Å². The number of aromatic nitrogens is 1. The third kappa shape index (κ3) is 5.39. The minimum atomic E-state index is -2.55. The van der Waals surface area contributed by atoms with Crippen molar-refractivity contribution in [2.75, 3.05) is 13.6 Å². The number of esters is 1. The highest BCUT2D eigenvalue weighted by molar-refractivity contribution is 6.14. The number of carbonyl (C=O) groups excluding carboxylic acids is 1. The summed E-state index contributed by atoms with van der Waals surface area (Å²) in [6, 6.07) is 23.1. The summed E-state index contributed by atoms with van der Waals surface area (Å²) in [6.07, 6.45) is -0.766. The number of phenols is 1. The van der Waals surface area contributed by atoms with Crippen molar-refractivity contribution in [3.05, 3.63) is 84.1 Å². The molecule has 12 nitrogen and oxygen atoms in total. The zero-order chi connectivity index (χ0) is 40.1. The maximum absolute atomic E-state index is 14.8. The van der Waals surface area contributed by atoms with Crippen LogP contribution in [0.5, 0.6) is 11.5 Å². The number of carbonyl (C=O) groups is 1. The van der Waals surface area contributed by atoms with Crippen LogP contribution in [0.25, 0.3) is 32.4 Å². The van der Waals surface area contributed by atoms with Crippen molar-refractivity contribution < 1.29 is 49.6 Å². The highest BCUT2D eigenvalue weighted by atomic mass is 16.7. The molecule has 4 aromatic carbocycles. The van der Waals surface area contributed by atoms with E-state index < -0.39 is 71.7 Å². The number of aliphatic hydroxyl groups excluding tert-OH is 3. The van der Waals surface area contributed by atoms with Crippen LogP contribution >= 0.6 is 0 Å². The Morgan fingerprint density at radius 2 is 1.69 bits per heavy atom. The predicted molar refractivity (Wildman–Crippen MR) is 215 cm³/mol. The minimum absolute atomic E-state index is 0.0981. The first kappa shape index (κ1) is 38.1. The molecule has 10 rings (SSSR count). The van der Waals surface area contributed by atoms with E-state index in [4.69, 9.17) is 14.2 Å². The summed E-state index contributed by atoms with van der Waals surface area (Å²) in [6.45, 7) is 0.0463. The summed E-state index contributed by atoms with van der Waals surface area (Å²) in [7, 11) is 1.85. The number of nitrogens with one attached hydrogen (secondary N) is 2. The summed E-state index contributed by atoms with van der Waals surface area (Å²) in [4.78, 5) is 18.0. The second-order valence-electron chi connectivity index (χ2n) is 17.7. The number of ether oxygens (including phenoxy) is 3. The lowest BCUT2D eigenvalue weighted by atomic mass is 9.49. The fourth-order valence-corrected chi connectivity index (χ4v) is 12.4. The number of aliphatic hydroxyl groups is 5. The van der Waals surface area contributed by atoms with Gasteiger partial charge < -0.3 is 55.2 Å². The van der Waals surface area contributed by atoms with E-state index in [9.17, 15) is 35.4 Å². The van der Waals surface area contributed by atoms with Gasteiger partial charge in [0.25, 0.3) is 0 Å². The fraction of sp³-hybridized carbons (Fsp3) is 0.500. The van der Waals surface area contributed by atoms with Crippen LogP contribution in [-0.2, 0) is 26.3 Å². The van der Waals surface area contributed by atoms with Gasteiger partial charge in [0.15, 0.2) is 17.5 Å². The zero-order valence-corrected chi connectivity index (χ0v) is 32.5. The van der Waals surface area contributed by atoms with Crippen LogP contribution in [-0.4, -0.2) is 97.1 Å². The van der Waals surface area contributed by atoms with E-state index in [0.29, 0.717) is 30.3 Å². The second kappa shape index (κ2) is 14.0. The maximum Gasteiger partial charge on any atom is 0.343 e. The molecular formula is C46H52N2O10. The van der Waals surface area contributed by atoms with Gasteiger partial charge in [-0.15, -0.1) is 0 Å². The molecule has 306 valence electrons. The van der Waals surface area contributed by atoms with E-state index in [-0.39, 0.29) is 35.4 Å². The Labute approximate surface area is 335 Å². The van der Waals surface area contributed by atoms with Gasteiger partial charge >= 0.3 is 5.97 Å². The van der Waals surface area contributed by atoms with Crippen molar-refractivity contribution >= 4 is 38.4 Å². The first-order valence-electron chi connectivity index (χ1n) is 20.9. The summed E-state index contributed by atoms with van der Waals surface area (Å²) in [5.74, 6) is -4.98. The Morgan fingerprint density at radius 3 is 2.41 bits per heavy atom. The minimum Gasteiger partial charge on any atom is -0.508 e. The Bertz CT molecular complexity index is 2380. The second-order valence-corrected chi connectivity index (χ2v) is 17.7. The molecule has 3 aliphatic carbocycles. The maximum atomic E-state index is 14.8. The molecule has 1 aromatic heterocycles. The number of hydrogen-bond acceptors (Lipinski definition) is 11. The van der Waals surface area contributed by atoms with Gasteiger partial charge in [-0.2, -0.15) is 0 Å². The van der Waals surface area contributed by atoms with Crippen molar-refractivity contribution in [3.63, 3.8) is 0 Å². The number of H-pyrrole nitrogens is 1. The molecule has 0 amide bonds. The van der Waals surface area contributed by atoms with Crippen LogP contribution in [0, 0.1) is 23.7 Å². The SMILES string of the molecule is CNCC1CC2C(OC3C(C(=O)Oc4c(CO)[nH]c5ccc6cc7ccccc7cc6c45)OC4(O)C(O)CCC2C34O)C(C2(c3ccc(O)cc3)CCCCC2)C1O. The number of aromatic amines is 1. The average molecular weight is 793 g/mol. The van der Waals surface area contributed by atoms with Crippen molar-refractivity contribution in [1.82, 2.24) is 10.3 Å². The largest absolute Gasteiger partial charge is 0.508 e. The monoisotopic (exact) mass is 792 g/mol. The molecule has 3 saturated carbocycles. The highest BCUT2D eigenvalue weighted by Crippen LogP contribution is 2.63. The molecule has 5 aromatic rings. The van der Waals surface area contributed by atoms with Crippen LogP contribution < -0.4 is 10.1 Å². The molecule has 11 atom stereocenters. The van der Waals surface area contributed by atoms with Crippen LogP contribution in [0.2, 0.25) is 0 Å². The first-order valence-corrected chi connectivity index (χ1v) is 20.9. The number of benzene rings is 4. The van der Waals surface area contributed by atoms with E-state index in [2.05, 4.69) is 16.4 Å². The number of rotatable bonds is 7. The average Bonchev–Trinajstić information content (AvgIpc) is 3.71. The Morgan fingerprint density at radius 1 is 0.948 bits per heavy atom. The summed E-state index contributed by atoms with van der Waals surface area (Å²) in [5.41, 5.74) is -0.856. The lowest BCUT2D eigenvalue weighted by molar-refractivity contribution is -0.365. The lowest BCUT2D eigenvalue weighted by Gasteiger charge is -2.63. The number of fused-ring (bicyclic) bond motifs is 6. The standard InChI is InChI=1S/C46H52N2O10/c1-47-22-27-21-31-32-14-16-35(51)46(55)45(32,54)42(56-39(31)37(38(27)52)44(17-5-2-6-18-44)28-10-12-29(50)13-11-28)41(58-46)43(53)57-40-34(23-49)48-33-15-9-26-19-24-7-3-4-8-25(24)20-30(26)36(33)40/h3-4,7-13,15,19-20,27,31-32,35,37-39,41-42,47-52,54-55H,2,5-6,14,16-18,21-23H2,1H3. The van der Waals surface area contributed by atoms with Crippen LogP contribution in [0.15, 0.2) is 72.8 Å².